The summed E-state index contributed by atoms with van der Waals surface area (Å²) < 4.78 is 5.96. The first-order valence-corrected chi connectivity index (χ1v) is 8.51. The molecule has 4 heteroatoms. The third-order valence-corrected chi connectivity index (χ3v) is 4.69. The van der Waals surface area contributed by atoms with Gasteiger partial charge in [0.2, 0.25) is 17.5 Å². The van der Waals surface area contributed by atoms with E-state index in [0.29, 0.717) is 23.5 Å². The van der Waals surface area contributed by atoms with Gasteiger partial charge in [0.1, 0.15) is 6.07 Å². The number of benzene rings is 2. The van der Waals surface area contributed by atoms with Gasteiger partial charge in [-0.15, -0.1) is 0 Å². The molecule has 1 heterocycles. The number of anilines is 1. The van der Waals surface area contributed by atoms with Gasteiger partial charge >= 0.3 is 0 Å². The quantitative estimate of drug-likeness (QED) is 0.729. The minimum Gasteiger partial charge on any atom is -0.419 e. The molecule has 0 saturated heterocycles. The van der Waals surface area contributed by atoms with Crippen molar-refractivity contribution >= 4 is 16.7 Å². The molecular weight excluding hydrogens is 298 g/mol. The highest BCUT2D eigenvalue weighted by molar-refractivity contribution is 5.94. The van der Waals surface area contributed by atoms with Crippen LogP contribution in [-0.4, -0.2) is 11.0 Å². The monoisotopic (exact) mass is 317 g/mol. The van der Waals surface area contributed by atoms with Gasteiger partial charge in [0, 0.05) is 11.6 Å². The van der Waals surface area contributed by atoms with Crippen LogP contribution in [0.25, 0.3) is 22.2 Å². The molecule has 120 valence electrons. The molecule has 4 rings (SSSR count). The van der Waals surface area contributed by atoms with Gasteiger partial charge in [-0.3, -0.25) is 0 Å². The lowest BCUT2D eigenvalue weighted by Gasteiger charge is -2.22. The SMILES string of the molecule is N#Cc1nc(-c2cccc3ccccc23)oc1NC1CCCCC1. The Bertz CT molecular complexity index is 895. The van der Waals surface area contributed by atoms with Crippen LogP contribution >= 0.6 is 0 Å². The van der Waals surface area contributed by atoms with Crippen LogP contribution in [0.2, 0.25) is 0 Å². The van der Waals surface area contributed by atoms with Crippen molar-refractivity contribution in [3.8, 4) is 17.5 Å². The molecule has 1 fully saturated rings. The van der Waals surface area contributed by atoms with Crippen molar-refractivity contribution in [2.45, 2.75) is 38.1 Å². The van der Waals surface area contributed by atoms with Crippen molar-refractivity contribution in [1.29, 1.82) is 5.26 Å². The molecule has 4 nitrogen and oxygen atoms in total. The Hall–Kier alpha value is -2.80. The standard InChI is InChI=1S/C20H19N3O/c21-13-18-20(22-15-9-2-1-3-10-15)24-19(23-18)17-12-6-8-14-7-4-5-11-16(14)17/h4-8,11-12,15,22H,1-3,9-10H2. The van der Waals surface area contributed by atoms with Gasteiger partial charge in [0.15, 0.2) is 0 Å². The average molecular weight is 317 g/mol. The van der Waals surface area contributed by atoms with Crippen LogP contribution in [0.1, 0.15) is 37.8 Å². The maximum atomic E-state index is 9.41. The zero-order chi connectivity index (χ0) is 16.4. The molecule has 0 spiro atoms. The largest absolute Gasteiger partial charge is 0.419 e. The summed E-state index contributed by atoms with van der Waals surface area (Å²) in [5, 5.41) is 15.0. The van der Waals surface area contributed by atoms with Crippen molar-refractivity contribution in [3.63, 3.8) is 0 Å². The maximum absolute atomic E-state index is 9.41. The van der Waals surface area contributed by atoms with E-state index in [1.165, 1.54) is 19.3 Å². The van der Waals surface area contributed by atoms with E-state index < -0.39 is 0 Å². The van der Waals surface area contributed by atoms with E-state index in [2.05, 4.69) is 34.6 Å². The highest BCUT2D eigenvalue weighted by atomic mass is 16.4. The Kier molecular flexibility index (Phi) is 3.92. The maximum Gasteiger partial charge on any atom is 0.232 e. The third kappa shape index (κ3) is 2.74. The summed E-state index contributed by atoms with van der Waals surface area (Å²) in [5.74, 6) is 1.01. The van der Waals surface area contributed by atoms with Gasteiger partial charge in [-0.25, -0.2) is 0 Å². The van der Waals surface area contributed by atoms with E-state index in [-0.39, 0.29) is 0 Å². The lowest BCUT2D eigenvalue weighted by atomic mass is 9.95. The number of hydrogen-bond acceptors (Lipinski definition) is 4. The summed E-state index contributed by atoms with van der Waals surface area (Å²) in [4.78, 5) is 4.42. The minimum atomic E-state index is 0.337. The molecule has 2 aromatic carbocycles. The first kappa shape index (κ1) is 14.8. The number of aromatic nitrogens is 1. The van der Waals surface area contributed by atoms with Gasteiger partial charge in [-0.1, -0.05) is 55.7 Å². The minimum absolute atomic E-state index is 0.337. The van der Waals surface area contributed by atoms with Crippen molar-refractivity contribution in [2.75, 3.05) is 5.32 Å². The van der Waals surface area contributed by atoms with Crippen LogP contribution in [0.3, 0.4) is 0 Å². The molecule has 24 heavy (non-hydrogen) atoms. The van der Waals surface area contributed by atoms with E-state index in [9.17, 15) is 5.26 Å². The number of nitrogens with zero attached hydrogens (tertiary/aromatic N) is 2. The van der Waals surface area contributed by atoms with Crippen molar-refractivity contribution in [3.05, 3.63) is 48.2 Å². The summed E-state index contributed by atoms with van der Waals surface area (Å²) in [6, 6.07) is 16.7. The summed E-state index contributed by atoms with van der Waals surface area (Å²) in [7, 11) is 0. The van der Waals surface area contributed by atoms with Crippen molar-refractivity contribution < 1.29 is 4.42 Å². The van der Waals surface area contributed by atoms with E-state index in [4.69, 9.17) is 4.42 Å². The molecule has 0 atom stereocenters. The number of hydrogen-bond donors (Lipinski definition) is 1. The Morgan fingerprint density at radius 3 is 2.67 bits per heavy atom. The number of nitrogens with one attached hydrogen (secondary N) is 1. The molecule has 0 radical (unpaired) electrons. The van der Waals surface area contributed by atoms with E-state index in [0.717, 1.165) is 29.2 Å². The van der Waals surface area contributed by atoms with Crippen LogP contribution in [0.5, 0.6) is 0 Å². The van der Waals surface area contributed by atoms with Gasteiger partial charge < -0.3 is 9.73 Å². The molecule has 1 aromatic heterocycles. The number of oxazole rings is 1. The fourth-order valence-corrected chi connectivity index (χ4v) is 3.45. The number of fused-ring (bicyclic) bond motifs is 1. The second kappa shape index (κ2) is 6.37. The highest BCUT2D eigenvalue weighted by Gasteiger charge is 2.20. The van der Waals surface area contributed by atoms with Gasteiger partial charge in [-0.05, 0) is 29.7 Å². The van der Waals surface area contributed by atoms with Crippen molar-refractivity contribution in [1.82, 2.24) is 4.98 Å². The Labute approximate surface area is 141 Å². The fraction of sp³-hybridized carbons (Fsp3) is 0.300. The highest BCUT2D eigenvalue weighted by Crippen LogP contribution is 2.32. The van der Waals surface area contributed by atoms with E-state index >= 15 is 0 Å². The van der Waals surface area contributed by atoms with Gasteiger partial charge in [0.25, 0.3) is 0 Å². The van der Waals surface area contributed by atoms with Crippen LogP contribution in [0, 0.1) is 11.3 Å². The molecule has 0 aliphatic heterocycles. The predicted molar refractivity (Wildman–Crippen MR) is 94.7 cm³/mol. The molecule has 3 aromatic rings. The molecule has 0 amide bonds. The molecule has 0 bridgehead atoms. The van der Waals surface area contributed by atoms with E-state index in [1.807, 2.05) is 24.3 Å². The summed E-state index contributed by atoms with van der Waals surface area (Å²) in [6.07, 6.45) is 5.99. The molecule has 1 saturated carbocycles. The topological polar surface area (TPSA) is 61.9 Å². The summed E-state index contributed by atoms with van der Waals surface area (Å²) in [5.41, 5.74) is 1.25. The molecule has 0 unspecified atom stereocenters. The van der Waals surface area contributed by atoms with E-state index in [1.54, 1.807) is 0 Å². The second-order valence-electron chi connectivity index (χ2n) is 6.31. The Morgan fingerprint density at radius 2 is 1.83 bits per heavy atom. The summed E-state index contributed by atoms with van der Waals surface area (Å²) in [6.45, 7) is 0. The lowest BCUT2D eigenvalue weighted by molar-refractivity contribution is 0.451. The molecular formula is C20H19N3O. The number of nitriles is 1. The third-order valence-electron chi connectivity index (χ3n) is 4.69. The van der Waals surface area contributed by atoms with Gasteiger partial charge in [0.05, 0.1) is 0 Å². The zero-order valence-corrected chi connectivity index (χ0v) is 13.5. The fourth-order valence-electron chi connectivity index (χ4n) is 3.45. The van der Waals surface area contributed by atoms with Crippen molar-refractivity contribution in [2.24, 2.45) is 0 Å². The molecule has 1 aliphatic rings. The van der Waals surface area contributed by atoms with Crippen LogP contribution in [0.4, 0.5) is 5.88 Å². The van der Waals surface area contributed by atoms with Crippen LogP contribution in [0.15, 0.2) is 46.9 Å². The summed E-state index contributed by atoms with van der Waals surface area (Å²) >= 11 is 0. The van der Waals surface area contributed by atoms with Crippen LogP contribution < -0.4 is 5.32 Å². The Morgan fingerprint density at radius 1 is 1.04 bits per heavy atom. The lowest BCUT2D eigenvalue weighted by Crippen LogP contribution is -2.22. The Balaban J connectivity index is 1.72. The van der Waals surface area contributed by atoms with Crippen LogP contribution in [-0.2, 0) is 0 Å². The smallest absolute Gasteiger partial charge is 0.232 e. The number of rotatable bonds is 3. The molecule has 1 N–H and O–H groups in total. The first-order chi connectivity index (χ1) is 11.8. The average Bonchev–Trinajstić information content (AvgIpc) is 3.05. The van der Waals surface area contributed by atoms with Gasteiger partial charge in [-0.2, -0.15) is 10.2 Å². The predicted octanol–water partition coefficient (Wildman–Crippen LogP) is 5.11. The second-order valence-corrected chi connectivity index (χ2v) is 6.31. The molecule has 1 aliphatic carbocycles. The normalized spacial score (nSPS) is 15.3. The first-order valence-electron chi connectivity index (χ1n) is 8.51. The zero-order valence-electron chi connectivity index (χ0n) is 13.5.